The molecule has 0 radical (unpaired) electrons. The third-order valence-corrected chi connectivity index (χ3v) is 1.81. The summed E-state index contributed by atoms with van der Waals surface area (Å²) in [7, 11) is 0. The molecule has 96 valence electrons. The molecule has 0 aromatic carbocycles. The zero-order valence-electron chi connectivity index (χ0n) is 8.36. The predicted octanol–water partition coefficient (Wildman–Crippen LogP) is 3.46. The maximum Gasteiger partial charge on any atom is 0.419 e. The van der Waals surface area contributed by atoms with Crippen LogP contribution in [0.3, 0.4) is 0 Å². The maximum absolute atomic E-state index is 12.4. The highest BCUT2D eigenvalue weighted by molar-refractivity contribution is 5.45. The van der Waals surface area contributed by atoms with Gasteiger partial charge in [0.15, 0.2) is 0 Å². The molecule has 0 saturated heterocycles. The van der Waals surface area contributed by atoms with E-state index in [9.17, 15) is 26.3 Å². The van der Waals surface area contributed by atoms with Crippen molar-refractivity contribution >= 4 is 5.82 Å². The topological polar surface area (TPSA) is 24.9 Å². The van der Waals surface area contributed by atoms with Crippen molar-refractivity contribution in [3.05, 3.63) is 23.9 Å². The average molecular weight is 258 g/mol. The Kier molecular flexibility index (Phi) is 3.84. The largest absolute Gasteiger partial charge is 0.419 e. The second-order valence-electron chi connectivity index (χ2n) is 3.19. The molecular weight excluding hydrogens is 250 g/mol. The Bertz CT molecular complexity index is 370. The zero-order chi connectivity index (χ0) is 13.1. The van der Waals surface area contributed by atoms with E-state index < -0.39 is 36.7 Å². The molecule has 0 bridgehead atoms. The molecule has 0 unspecified atom stereocenters. The van der Waals surface area contributed by atoms with Crippen molar-refractivity contribution in [2.24, 2.45) is 0 Å². The van der Waals surface area contributed by atoms with E-state index in [1.54, 1.807) is 0 Å². The first-order valence-corrected chi connectivity index (χ1v) is 4.53. The highest BCUT2D eigenvalue weighted by Crippen LogP contribution is 2.33. The Morgan fingerprint density at radius 1 is 1.12 bits per heavy atom. The number of aromatic nitrogens is 1. The van der Waals surface area contributed by atoms with E-state index in [0.29, 0.717) is 0 Å². The van der Waals surface area contributed by atoms with Crippen molar-refractivity contribution < 1.29 is 26.3 Å². The normalized spacial score (nSPS) is 12.6. The van der Waals surface area contributed by atoms with Gasteiger partial charge in [0.05, 0.1) is 12.0 Å². The van der Waals surface area contributed by atoms with Gasteiger partial charge in [-0.2, -0.15) is 26.3 Å². The molecule has 0 fully saturated rings. The number of nitrogens with zero attached hydrogens (tertiary/aromatic N) is 1. The molecule has 0 amide bonds. The molecule has 17 heavy (non-hydrogen) atoms. The minimum atomic E-state index is -4.64. The maximum atomic E-state index is 12.4. The molecule has 0 aliphatic rings. The summed E-state index contributed by atoms with van der Waals surface area (Å²) in [6.45, 7) is -0.649. The molecule has 0 saturated carbocycles. The van der Waals surface area contributed by atoms with Crippen molar-refractivity contribution in [2.45, 2.75) is 18.8 Å². The van der Waals surface area contributed by atoms with Gasteiger partial charge in [-0.05, 0) is 12.1 Å². The van der Waals surface area contributed by atoms with Gasteiger partial charge in [-0.25, -0.2) is 4.98 Å². The molecule has 0 aliphatic carbocycles. The number of hydrogen-bond acceptors (Lipinski definition) is 2. The highest BCUT2D eigenvalue weighted by Gasteiger charge is 2.34. The van der Waals surface area contributed by atoms with Crippen molar-refractivity contribution in [3.63, 3.8) is 0 Å². The molecule has 2 nitrogen and oxygen atoms in total. The Labute approximate surface area is 92.7 Å². The van der Waals surface area contributed by atoms with Crippen molar-refractivity contribution in [3.8, 4) is 0 Å². The Morgan fingerprint density at radius 2 is 1.76 bits per heavy atom. The van der Waals surface area contributed by atoms with Crippen LogP contribution in [0.4, 0.5) is 32.2 Å². The first-order chi connectivity index (χ1) is 7.70. The first kappa shape index (κ1) is 13.6. The summed E-state index contributed by atoms with van der Waals surface area (Å²) in [5.41, 5.74) is -1.08. The van der Waals surface area contributed by atoms with E-state index in [1.807, 2.05) is 5.32 Å². The van der Waals surface area contributed by atoms with E-state index in [0.717, 1.165) is 18.3 Å². The monoisotopic (exact) mass is 258 g/mol. The number of halogens is 6. The third-order valence-electron chi connectivity index (χ3n) is 1.81. The van der Waals surface area contributed by atoms with Gasteiger partial charge in [0.1, 0.15) is 5.82 Å². The Hall–Kier alpha value is -1.47. The number of hydrogen-bond donors (Lipinski definition) is 1. The van der Waals surface area contributed by atoms with Crippen LogP contribution in [-0.4, -0.2) is 17.7 Å². The summed E-state index contributed by atoms with van der Waals surface area (Å²) in [5.74, 6) is -0.593. The molecule has 1 aromatic heterocycles. The molecule has 1 N–H and O–H groups in total. The van der Waals surface area contributed by atoms with Crippen molar-refractivity contribution in [2.75, 3.05) is 11.9 Å². The first-order valence-electron chi connectivity index (χ1n) is 4.53. The lowest BCUT2D eigenvalue weighted by Crippen LogP contribution is -2.17. The molecule has 1 heterocycles. The van der Waals surface area contributed by atoms with Gasteiger partial charge >= 0.3 is 12.4 Å². The van der Waals surface area contributed by atoms with Crippen molar-refractivity contribution in [1.82, 2.24) is 4.98 Å². The fourth-order valence-corrected chi connectivity index (χ4v) is 1.10. The van der Waals surface area contributed by atoms with E-state index in [-0.39, 0.29) is 0 Å². The summed E-state index contributed by atoms with van der Waals surface area (Å²) >= 11 is 0. The fraction of sp³-hybridized carbons (Fsp3) is 0.444. The summed E-state index contributed by atoms with van der Waals surface area (Å²) in [6, 6.07) is 1.82. The Morgan fingerprint density at radius 3 is 2.29 bits per heavy atom. The van der Waals surface area contributed by atoms with Crippen LogP contribution in [-0.2, 0) is 6.18 Å². The van der Waals surface area contributed by atoms with Gasteiger partial charge in [0.2, 0.25) is 0 Å². The minimum Gasteiger partial charge on any atom is -0.369 e. The van der Waals surface area contributed by atoms with Crippen LogP contribution in [0.25, 0.3) is 0 Å². The number of anilines is 1. The summed E-state index contributed by atoms with van der Waals surface area (Å²) in [5, 5.41) is 2.03. The second-order valence-corrected chi connectivity index (χ2v) is 3.19. The van der Waals surface area contributed by atoms with Gasteiger partial charge in [0.25, 0.3) is 0 Å². The summed E-state index contributed by atoms with van der Waals surface area (Å²) in [4.78, 5) is 3.37. The SMILES string of the molecule is FC(F)(F)CCNc1ncccc1C(F)(F)F. The number of pyridine rings is 1. The molecule has 1 aromatic rings. The predicted molar refractivity (Wildman–Crippen MR) is 48.4 cm³/mol. The van der Waals surface area contributed by atoms with Gasteiger partial charge < -0.3 is 5.32 Å². The minimum absolute atomic E-state index is 0.593. The van der Waals surface area contributed by atoms with Crippen LogP contribution >= 0.6 is 0 Å². The van der Waals surface area contributed by atoms with Gasteiger partial charge in [-0.3, -0.25) is 0 Å². The molecule has 1 rings (SSSR count). The molecule has 0 aliphatic heterocycles. The summed E-state index contributed by atoms with van der Waals surface area (Å²) < 4.78 is 72.7. The van der Waals surface area contributed by atoms with Crippen LogP contribution in [0, 0.1) is 0 Å². The number of rotatable bonds is 3. The van der Waals surface area contributed by atoms with Crippen molar-refractivity contribution in [1.29, 1.82) is 0 Å². The highest BCUT2D eigenvalue weighted by atomic mass is 19.4. The average Bonchev–Trinajstić information content (AvgIpc) is 2.15. The van der Waals surface area contributed by atoms with E-state index in [4.69, 9.17) is 0 Å². The fourth-order valence-electron chi connectivity index (χ4n) is 1.10. The molecule has 0 atom stereocenters. The third kappa shape index (κ3) is 4.49. The van der Waals surface area contributed by atoms with Crippen LogP contribution in [0.2, 0.25) is 0 Å². The molecule has 0 spiro atoms. The standard InChI is InChI=1S/C9H8F6N2/c10-8(11,12)3-5-17-7-6(9(13,14)15)2-1-4-16-7/h1-2,4H,3,5H2,(H,16,17). The molecule has 8 heteroatoms. The van der Waals surface area contributed by atoms with Crippen LogP contribution in [0.1, 0.15) is 12.0 Å². The zero-order valence-corrected chi connectivity index (χ0v) is 8.36. The van der Waals surface area contributed by atoms with Gasteiger partial charge in [-0.1, -0.05) is 0 Å². The number of nitrogens with one attached hydrogen (secondary N) is 1. The Balaban J connectivity index is 2.72. The van der Waals surface area contributed by atoms with E-state index >= 15 is 0 Å². The number of alkyl halides is 6. The van der Waals surface area contributed by atoms with E-state index in [2.05, 4.69) is 4.98 Å². The van der Waals surface area contributed by atoms with E-state index in [1.165, 1.54) is 0 Å². The van der Waals surface area contributed by atoms with Crippen LogP contribution in [0.5, 0.6) is 0 Å². The van der Waals surface area contributed by atoms with Gasteiger partial charge in [0, 0.05) is 12.7 Å². The lowest BCUT2D eigenvalue weighted by atomic mass is 10.2. The van der Waals surface area contributed by atoms with Crippen LogP contribution < -0.4 is 5.32 Å². The summed E-state index contributed by atoms with van der Waals surface area (Å²) in [6.07, 6.45) is -9.21. The smallest absolute Gasteiger partial charge is 0.369 e. The lowest BCUT2D eigenvalue weighted by molar-refractivity contribution is -0.137. The lowest BCUT2D eigenvalue weighted by Gasteiger charge is -2.13. The molecular formula is C9H8F6N2. The van der Waals surface area contributed by atoms with Crippen LogP contribution in [0.15, 0.2) is 18.3 Å². The van der Waals surface area contributed by atoms with Gasteiger partial charge in [-0.15, -0.1) is 0 Å². The second kappa shape index (κ2) is 4.80. The quantitative estimate of drug-likeness (QED) is 0.840.